The molecule has 0 aliphatic carbocycles. The van der Waals surface area contributed by atoms with Crippen LogP contribution in [0.2, 0.25) is 0 Å². The fraction of sp³-hybridized carbons (Fsp3) is 0.500. The molecule has 1 fully saturated rings. The van der Waals surface area contributed by atoms with Crippen molar-refractivity contribution in [1.82, 2.24) is 4.90 Å². The number of nitrogens with one attached hydrogen (secondary N) is 1. The van der Waals surface area contributed by atoms with Crippen molar-refractivity contribution < 1.29 is 4.79 Å². The van der Waals surface area contributed by atoms with Gasteiger partial charge in [-0.05, 0) is 31.9 Å². The Balaban J connectivity index is 1.93. The number of benzene rings is 1. The molecule has 2 atom stereocenters. The van der Waals surface area contributed by atoms with Crippen LogP contribution in [-0.4, -0.2) is 36.0 Å². The Hall–Kier alpha value is -1.55. The molecule has 1 aliphatic heterocycles. The molecule has 18 heavy (non-hydrogen) atoms. The number of nitrogens with zero attached hydrogens (tertiary/aromatic N) is 1. The highest BCUT2D eigenvalue weighted by molar-refractivity contribution is 5.81. The van der Waals surface area contributed by atoms with Crippen molar-refractivity contribution in [3.05, 3.63) is 30.3 Å². The molecular weight excluding hydrogens is 226 g/mol. The van der Waals surface area contributed by atoms with Crippen LogP contribution in [0.5, 0.6) is 0 Å². The van der Waals surface area contributed by atoms with Gasteiger partial charge >= 0.3 is 0 Å². The molecule has 4 nitrogen and oxygen atoms in total. The predicted molar refractivity (Wildman–Crippen MR) is 73.3 cm³/mol. The third kappa shape index (κ3) is 3.23. The Kier molecular flexibility index (Phi) is 4.20. The van der Waals surface area contributed by atoms with Gasteiger partial charge < -0.3 is 16.0 Å². The fourth-order valence-corrected chi connectivity index (χ4v) is 2.35. The average Bonchev–Trinajstić information content (AvgIpc) is 2.39. The Morgan fingerprint density at radius 2 is 2.17 bits per heavy atom. The second-order valence-electron chi connectivity index (χ2n) is 4.92. The van der Waals surface area contributed by atoms with E-state index in [1.807, 2.05) is 35.2 Å². The normalized spacial score (nSPS) is 21.4. The molecule has 1 aliphatic rings. The second kappa shape index (κ2) is 5.87. The maximum Gasteiger partial charge on any atom is 0.239 e. The van der Waals surface area contributed by atoms with E-state index in [4.69, 9.17) is 5.73 Å². The number of hydrogen-bond acceptors (Lipinski definition) is 3. The van der Waals surface area contributed by atoms with Crippen molar-refractivity contribution in [3.63, 3.8) is 0 Å². The minimum Gasteiger partial charge on any atom is -0.381 e. The molecule has 0 aromatic heterocycles. The zero-order chi connectivity index (χ0) is 13.0. The number of likely N-dealkylation sites (tertiary alicyclic amines) is 1. The number of nitrogens with two attached hydrogens (primary N) is 1. The van der Waals surface area contributed by atoms with Gasteiger partial charge in [0.1, 0.15) is 0 Å². The van der Waals surface area contributed by atoms with Crippen molar-refractivity contribution in [1.29, 1.82) is 0 Å². The van der Waals surface area contributed by atoms with Crippen LogP contribution < -0.4 is 11.1 Å². The van der Waals surface area contributed by atoms with Gasteiger partial charge in [0, 0.05) is 24.8 Å². The van der Waals surface area contributed by atoms with E-state index in [0.717, 1.165) is 31.6 Å². The molecule has 1 saturated heterocycles. The molecule has 0 radical (unpaired) electrons. The summed E-state index contributed by atoms with van der Waals surface area (Å²) in [6.45, 7) is 3.32. The summed E-state index contributed by atoms with van der Waals surface area (Å²) in [6, 6.07) is 10.0. The van der Waals surface area contributed by atoms with Crippen molar-refractivity contribution in [2.24, 2.45) is 5.73 Å². The summed E-state index contributed by atoms with van der Waals surface area (Å²) in [6.07, 6.45) is 2.13. The van der Waals surface area contributed by atoms with E-state index < -0.39 is 6.04 Å². The standard InChI is InChI=1S/C14H21N3O/c1-11(15)14(18)17-9-5-8-13(10-17)16-12-6-3-2-4-7-12/h2-4,6-7,11,13,16H,5,8-10,15H2,1H3/t11-,13?/m1/s1. The Morgan fingerprint density at radius 3 is 2.83 bits per heavy atom. The molecule has 3 N–H and O–H groups in total. The van der Waals surface area contributed by atoms with E-state index in [2.05, 4.69) is 5.32 Å². The summed E-state index contributed by atoms with van der Waals surface area (Å²) in [5, 5.41) is 3.47. The molecule has 1 unspecified atom stereocenters. The van der Waals surface area contributed by atoms with Crippen LogP contribution in [0.4, 0.5) is 5.69 Å². The molecule has 4 heteroatoms. The van der Waals surface area contributed by atoms with Crippen LogP contribution >= 0.6 is 0 Å². The van der Waals surface area contributed by atoms with E-state index in [0.29, 0.717) is 6.04 Å². The van der Waals surface area contributed by atoms with Crippen LogP contribution in [-0.2, 0) is 4.79 Å². The number of para-hydroxylation sites is 1. The highest BCUT2D eigenvalue weighted by Gasteiger charge is 2.25. The second-order valence-corrected chi connectivity index (χ2v) is 4.92. The number of hydrogen-bond donors (Lipinski definition) is 2. The summed E-state index contributed by atoms with van der Waals surface area (Å²) in [4.78, 5) is 13.7. The largest absolute Gasteiger partial charge is 0.381 e. The van der Waals surface area contributed by atoms with Crippen molar-refractivity contribution in [2.45, 2.75) is 31.8 Å². The molecule has 0 spiro atoms. The lowest BCUT2D eigenvalue weighted by molar-refractivity contribution is -0.133. The number of piperidine rings is 1. The first-order valence-corrected chi connectivity index (χ1v) is 6.53. The summed E-state index contributed by atoms with van der Waals surface area (Å²) in [5.74, 6) is 0.0505. The summed E-state index contributed by atoms with van der Waals surface area (Å²) in [5.41, 5.74) is 6.76. The Labute approximate surface area is 108 Å². The van der Waals surface area contributed by atoms with E-state index in [1.165, 1.54) is 0 Å². The first kappa shape index (κ1) is 12.9. The van der Waals surface area contributed by atoms with Crippen molar-refractivity contribution >= 4 is 11.6 Å². The minimum atomic E-state index is -0.402. The molecule has 1 heterocycles. The van der Waals surface area contributed by atoms with Gasteiger partial charge in [-0.15, -0.1) is 0 Å². The Morgan fingerprint density at radius 1 is 1.44 bits per heavy atom. The van der Waals surface area contributed by atoms with Gasteiger partial charge in [0.05, 0.1) is 6.04 Å². The topological polar surface area (TPSA) is 58.4 Å². The molecule has 0 bridgehead atoms. The van der Waals surface area contributed by atoms with Crippen LogP contribution in [0.3, 0.4) is 0 Å². The fourth-order valence-electron chi connectivity index (χ4n) is 2.35. The highest BCUT2D eigenvalue weighted by Crippen LogP contribution is 2.16. The zero-order valence-corrected chi connectivity index (χ0v) is 10.8. The molecule has 1 aromatic rings. The highest BCUT2D eigenvalue weighted by atomic mass is 16.2. The maximum atomic E-state index is 11.9. The van der Waals surface area contributed by atoms with Crippen molar-refractivity contribution in [3.8, 4) is 0 Å². The van der Waals surface area contributed by atoms with Crippen LogP contribution in [0.1, 0.15) is 19.8 Å². The SMILES string of the molecule is C[C@@H](N)C(=O)N1CCCC(Nc2ccccc2)C1. The number of carbonyl (C=O) groups is 1. The summed E-state index contributed by atoms with van der Waals surface area (Å²) < 4.78 is 0. The molecule has 1 aromatic carbocycles. The molecule has 98 valence electrons. The number of amides is 1. The number of rotatable bonds is 3. The first-order valence-electron chi connectivity index (χ1n) is 6.53. The third-order valence-electron chi connectivity index (χ3n) is 3.27. The quantitative estimate of drug-likeness (QED) is 0.849. The number of carbonyl (C=O) groups excluding carboxylic acids is 1. The van der Waals surface area contributed by atoms with Gasteiger partial charge in [0.25, 0.3) is 0 Å². The number of anilines is 1. The van der Waals surface area contributed by atoms with E-state index in [-0.39, 0.29) is 5.91 Å². The van der Waals surface area contributed by atoms with E-state index in [1.54, 1.807) is 6.92 Å². The van der Waals surface area contributed by atoms with Gasteiger partial charge in [0.15, 0.2) is 0 Å². The lowest BCUT2D eigenvalue weighted by Crippen LogP contribution is -2.50. The summed E-state index contributed by atoms with van der Waals surface area (Å²) in [7, 11) is 0. The first-order chi connectivity index (χ1) is 8.66. The molecular formula is C14H21N3O. The monoisotopic (exact) mass is 247 g/mol. The van der Waals surface area contributed by atoms with Crippen LogP contribution in [0.15, 0.2) is 30.3 Å². The average molecular weight is 247 g/mol. The lowest BCUT2D eigenvalue weighted by Gasteiger charge is -2.34. The van der Waals surface area contributed by atoms with Gasteiger partial charge in [-0.25, -0.2) is 0 Å². The molecule has 2 rings (SSSR count). The summed E-state index contributed by atoms with van der Waals surface area (Å²) >= 11 is 0. The lowest BCUT2D eigenvalue weighted by atomic mass is 10.0. The Bertz CT molecular complexity index is 391. The van der Waals surface area contributed by atoms with Crippen LogP contribution in [0, 0.1) is 0 Å². The van der Waals surface area contributed by atoms with E-state index >= 15 is 0 Å². The van der Waals surface area contributed by atoms with Gasteiger partial charge in [-0.1, -0.05) is 18.2 Å². The van der Waals surface area contributed by atoms with Crippen molar-refractivity contribution in [2.75, 3.05) is 18.4 Å². The van der Waals surface area contributed by atoms with E-state index in [9.17, 15) is 4.79 Å². The van der Waals surface area contributed by atoms with Crippen LogP contribution in [0.25, 0.3) is 0 Å². The van der Waals surface area contributed by atoms with Gasteiger partial charge in [0.2, 0.25) is 5.91 Å². The maximum absolute atomic E-state index is 11.9. The van der Waals surface area contributed by atoms with Gasteiger partial charge in [-0.2, -0.15) is 0 Å². The third-order valence-corrected chi connectivity index (χ3v) is 3.27. The molecule has 1 amide bonds. The smallest absolute Gasteiger partial charge is 0.239 e. The minimum absolute atomic E-state index is 0.0505. The zero-order valence-electron chi connectivity index (χ0n) is 10.8. The predicted octanol–water partition coefficient (Wildman–Crippen LogP) is 1.44. The van der Waals surface area contributed by atoms with Gasteiger partial charge in [-0.3, -0.25) is 4.79 Å². The molecule has 0 saturated carbocycles.